The van der Waals surface area contributed by atoms with E-state index in [1.807, 2.05) is 48.2 Å². The Morgan fingerprint density at radius 1 is 1.08 bits per heavy atom. The second-order valence-electron chi connectivity index (χ2n) is 6.73. The Morgan fingerprint density at radius 3 is 2.65 bits per heavy atom. The fourth-order valence-electron chi connectivity index (χ4n) is 3.76. The number of para-hydroxylation sites is 2. The Kier molecular flexibility index (Phi) is 4.25. The average Bonchev–Trinajstić information content (AvgIpc) is 3.08. The first-order valence-corrected chi connectivity index (χ1v) is 9.08. The molecule has 1 N–H and O–H groups in total. The summed E-state index contributed by atoms with van der Waals surface area (Å²) in [6, 6.07) is 20.3. The lowest BCUT2D eigenvalue weighted by atomic mass is 10.1. The van der Waals surface area contributed by atoms with Gasteiger partial charge in [-0.1, -0.05) is 43.3 Å². The molecule has 0 saturated carbocycles. The van der Waals surface area contributed by atoms with Gasteiger partial charge in [-0.15, -0.1) is 0 Å². The SMILES string of the molecule is CC[C@@H]1c2cccn2-c2ccccc2CN1C(=O)Nc1ccccc1C. The number of fused-ring (bicyclic) bond motifs is 3. The number of aryl methyl sites for hydroxylation is 1. The van der Waals surface area contributed by atoms with E-state index in [9.17, 15) is 4.79 Å². The largest absolute Gasteiger partial charge is 0.322 e. The first-order valence-electron chi connectivity index (χ1n) is 9.08. The first-order chi connectivity index (χ1) is 12.7. The lowest BCUT2D eigenvalue weighted by Gasteiger charge is -2.30. The molecule has 2 aromatic carbocycles. The van der Waals surface area contributed by atoms with Crippen molar-refractivity contribution in [2.24, 2.45) is 0 Å². The number of amides is 2. The highest BCUT2D eigenvalue weighted by Crippen LogP contribution is 2.34. The molecule has 0 bridgehead atoms. The monoisotopic (exact) mass is 345 g/mol. The minimum absolute atomic E-state index is 0.0291. The van der Waals surface area contributed by atoms with Crippen molar-refractivity contribution in [3.63, 3.8) is 0 Å². The Labute approximate surface area is 154 Å². The maximum Gasteiger partial charge on any atom is 0.322 e. The third-order valence-corrected chi connectivity index (χ3v) is 5.12. The number of hydrogen-bond donors (Lipinski definition) is 1. The molecule has 0 saturated heterocycles. The molecule has 0 aliphatic carbocycles. The molecule has 132 valence electrons. The van der Waals surface area contributed by atoms with Gasteiger partial charge >= 0.3 is 6.03 Å². The normalized spacial score (nSPS) is 15.8. The second kappa shape index (κ2) is 6.71. The molecule has 1 aliphatic rings. The van der Waals surface area contributed by atoms with Gasteiger partial charge in [0.25, 0.3) is 0 Å². The second-order valence-corrected chi connectivity index (χ2v) is 6.73. The topological polar surface area (TPSA) is 37.3 Å². The van der Waals surface area contributed by atoms with Gasteiger partial charge in [0, 0.05) is 17.6 Å². The van der Waals surface area contributed by atoms with Gasteiger partial charge < -0.3 is 14.8 Å². The molecule has 0 unspecified atom stereocenters. The molecule has 0 fully saturated rings. The number of hydrogen-bond acceptors (Lipinski definition) is 1. The Balaban J connectivity index is 1.74. The van der Waals surface area contributed by atoms with Crippen LogP contribution < -0.4 is 5.32 Å². The van der Waals surface area contributed by atoms with Crippen LogP contribution in [0.1, 0.15) is 36.2 Å². The summed E-state index contributed by atoms with van der Waals surface area (Å²) in [6.07, 6.45) is 2.94. The highest BCUT2D eigenvalue weighted by Gasteiger charge is 2.30. The molecule has 0 spiro atoms. The summed E-state index contributed by atoms with van der Waals surface area (Å²) in [4.78, 5) is 15.1. The van der Waals surface area contributed by atoms with E-state index < -0.39 is 0 Å². The van der Waals surface area contributed by atoms with Gasteiger partial charge in [0.15, 0.2) is 0 Å². The summed E-state index contributed by atoms with van der Waals surface area (Å²) in [6.45, 7) is 4.73. The van der Waals surface area contributed by atoms with Crippen LogP contribution in [0.15, 0.2) is 66.9 Å². The number of carbonyl (C=O) groups excluding carboxylic acids is 1. The Bertz CT molecular complexity index is 944. The molecule has 2 amide bonds. The van der Waals surface area contributed by atoms with Crippen molar-refractivity contribution in [2.45, 2.75) is 32.9 Å². The van der Waals surface area contributed by atoms with Crippen LogP contribution in [0, 0.1) is 6.92 Å². The lowest BCUT2D eigenvalue weighted by molar-refractivity contribution is 0.181. The number of rotatable bonds is 2. The predicted molar refractivity (Wildman–Crippen MR) is 105 cm³/mol. The van der Waals surface area contributed by atoms with Crippen molar-refractivity contribution in [3.05, 3.63) is 83.7 Å². The maximum absolute atomic E-state index is 13.2. The molecule has 3 aromatic rings. The van der Waals surface area contributed by atoms with Crippen molar-refractivity contribution in [1.82, 2.24) is 9.47 Å². The summed E-state index contributed by atoms with van der Waals surface area (Å²) in [5.41, 5.74) is 5.38. The summed E-state index contributed by atoms with van der Waals surface area (Å²) >= 11 is 0. The highest BCUT2D eigenvalue weighted by atomic mass is 16.2. The fraction of sp³-hybridized carbons (Fsp3) is 0.227. The molecule has 2 heterocycles. The number of anilines is 1. The van der Waals surface area contributed by atoms with Crippen molar-refractivity contribution in [1.29, 1.82) is 0 Å². The van der Waals surface area contributed by atoms with Crippen molar-refractivity contribution < 1.29 is 4.79 Å². The molecular formula is C22H23N3O. The molecule has 1 atom stereocenters. The van der Waals surface area contributed by atoms with Crippen molar-refractivity contribution in [3.8, 4) is 5.69 Å². The van der Waals surface area contributed by atoms with E-state index in [-0.39, 0.29) is 12.1 Å². The summed E-state index contributed by atoms with van der Waals surface area (Å²) in [5.74, 6) is 0. The number of carbonyl (C=O) groups is 1. The van der Waals surface area contributed by atoms with E-state index in [2.05, 4.69) is 47.3 Å². The number of benzene rings is 2. The zero-order chi connectivity index (χ0) is 18.1. The lowest BCUT2D eigenvalue weighted by Crippen LogP contribution is -2.37. The first kappa shape index (κ1) is 16.5. The van der Waals surface area contributed by atoms with Crippen LogP contribution in [0.3, 0.4) is 0 Å². The van der Waals surface area contributed by atoms with Gasteiger partial charge in [-0.25, -0.2) is 4.79 Å². The van der Waals surface area contributed by atoms with Crippen molar-refractivity contribution in [2.75, 3.05) is 5.32 Å². The van der Waals surface area contributed by atoms with Crippen LogP contribution in [-0.4, -0.2) is 15.5 Å². The van der Waals surface area contributed by atoms with Crippen LogP contribution in [0.5, 0.6) is 0 Å². The fourth-order valence-corrected chi connectivity index (χ4v) is 3.76. The third-order valence-electron chi connectivity index (χ3n) is 5.12. The number of nitrogens with one attached hydrogen (secondary N) is 1. The smallest absolute Gasteiger partial charge is 0.318 e. The summed E-state index contributed by atoms with van der Waals surface area (Å²) in [7, 11) is 0. The van der Waals surface area contributed by atoms with Crippen LogP contribution in [-0.2, 0) is 6.54 Å². The van der Waals surface area contributed by atoms with Gasteiger partial charge in [0.05, 0.1) is 18.3 Å². The zero-order valence-corrected chi connectivity index (χ0v) is 15.1. The molecule has 4 nitrogen and oxygen atoms in total. The van der Waals surface area contributed by atoms with E-state index in [4.69, 9.17) is 0 Å². The maximum atomic E-state index is 13.2. The van der Waals surface area contributed by atoms with Gasteiger partial charge in [0.2, 0.25) is 0 Å². The summed E-state index contributed by atoms with van der Waals surface area (Å²) < 4.78 is 2.21. The molecule has 1 aromatic heterocycles. The van der Waals surface area contributed by atoms with E-state index in [1.54, 1.807) is 0 Å². The average molecular weight is 345 g/mol. The zero-order valence-electron chi connectivity index (χ0n) is 15.1. The Hall–Kier alpha value is -3.01. The quantitative estimate of drug-likeness (QED) is 0.674. The predicted octanol–water partition coefficient (Wildman–Crippen LogP) is 5.28. The summed E-state index contributed by atoms with van der Waals surface area (Å²) in [5, 5.41) is 3.10. The molecule has 0 radical (unpaired) electrons. The minimum Gasteiger partial charge on any atom is -0.318 e. The van der Waals surface area contributed by atoms with Crippen molar-refractivity contribution >= 4 is 11.7 Å². The minimum atomic E-state index is -0.0596. The van der Waals surface area contributed by atoms with Gasteiger partial charge in [-0.2, -0.15) is 0 Å². The van der Waals surface area contributed by atoms with E-state index in [1.165, 1.54) is 0 Å². The number of nitrogens with zero attached hydrogens (tertiary/aromatic N) is 2. The standard InChI is InChI=1S/C22H23N3O/c1-3-19-21-13-8-14-24(21)20-12-7-5-10-17(20)15-25(19)22(26)23-18-11-6-4-9-16(18)2/h4-14,19H,3,15H2,1-2H3,(H,23,26)/t19-/m1/s1. The van der Waals surface area contributed by atoms with Crippen LogP contribution in [0.4, 0.5) is 10.5 Å². The molecule has 4 heteroatoms. The molecular weight excluding hydrogens is 322 g/mol. The number of aromatic nitrogens is 1. The number of urea groups is 1. The highest BCUT2D eigenvalue weighted by molar-refractivity contribution is 5.90. The van der Waals surface area contributed by atoms with Crippen LogP contribution in [0.25, 0.3) is 5.69 Å². The molecule has 26 heavy (non-hydrogen) atoms. The molecule has 4 rings (SSSR count). The van der Waals surface area contributed by atoms with E-state index in [0.717, 1.165) is 34.6 Å². The Morgan fingerprint density at radius 2 is 1.85 bits per heavy atom. The van der Waals surface area contributed by atoms with Gasteiger partial charge in [0.1, 0.15) is 0 Å². The molecule has 1 aliphatic heterocycles. The van der Waals surface area contributed by atoms with Crippen LogP contribution in [0.2, 0.25) is 0 Å². The van der Waals surface area contributed by atoms with Gasteiger partial charge in [-0.05, 0) is 48.7 Å². The van der Waals surface area contributed by atoms with Gasteiger partial charge in [-0.3, -0.25) is 0 Å². The van der Waals surface area contributed by atoms with E-state index in [0.29, 0.717) is 6.54 Å². The van der Waals surface area contributed by atoms with E-state index >= 15 is 0 Å². The van der Waals surface area contributed by atoms with Crippen LogP contribution >= 0.6 is 0 Å². The third kappa shape index (κ3) is 2.77.